The first kappa shape index (κ1) is 22.1. The van der Waals surface area contributed by atoms with E-state index in [0.29, 0.717) is 0 Å². The molecule has 1 aliphatic heterocycles. The number of benzene rings is 1. The van der Waals surface area contributed by atoms with E-state index < -0.39 is 49.0 Å². The fourth-order valence-electron chi connectivity index (χ4n) is 2.98. The summed E-state index contributed by atoms with van der Waals surface area (Å²) in [6.07, 6.45) is -5.17. The molecule has 1 aliphatic rings. The number of carbonyl (C=O) groups is 1. The van der Waals surface area contributed by atoms with Crippen LogP contribution in [0.2, 0.25) is 0 Å². The topological polar surface area (TPSA) is 157 Å². The largest absolute Gasteiger partial charge is 0.507 e. The minimum absolute atomic E-state index is 0.0963. The van der Waals surface area contributed by atoms with E-state index in [9.17, 15) is 30.3 Å². The highest BCUT2D eigenvalue weighted by molar-refractivity contribution is 5.97. The Morgan fingerprint density at radius 3 is 2.50 bits per heavy atom. The highest BCUT2D eigenvalue weighted by Gasteiger charge is 2.40. The van der Waals surface area contributed by atoms with E-state index in [4.69, 9.17) is 14.6 Å². The summed E-state index contributed by atoms with van der Waals surface area (Å²) in [6, 6.07) is 2.67. The molecule has 9 nitrogen and oxygen atoms in total. The van der Waals surface area contributed by atoms with Gasteiger partial charge in [0.1, 0.15) is 29.3 Å². The number of methoxy groups -OCH3 is 1. The first-order valence-electron chi connectivity index (χ1n) is 8.84. The number of hydrogen-bond donors (Lipinski definition) is 6. The molecule has 0 bridgehead atoms. The second-order valence-electron chi connectivity index (χ2n) is 6.80. The zero-order valence-electron chi connectivity index (χ0n) is 15.6. The van der Waals surface area contributed by atoms with Gasteiger partial charge in [-0.3, -0.25) is 0 Å². The Balaban J connectivity index is 2.07. The zero-order valence-corrected chi connectivity index (χ0v) is 15.6. The molecule has 0 fully saturated rings. The van der Waals surface area contributed by atoms with Gasteiger partial charge < -0.3 is 40.1 Å². The Hall–Kier alpha value is -2.17. The van der Waals surface area contributed by atoms with Gasteiger partial charge >= 0.3 is 5.97 Å². The van der Waals surface area contributed by atoms with Crippen LogP contribution in [0.3, 0.4) is 0 Å². The molecule has 6 atom stereocenters. The van der Waals surface area contributed by atoms with Crippen molar-refractivity contribution in [1.82, 2.24) is 0 Å². The Bertz CT molecular complexity index is 716. The van der Waals surface area contributed by atoms with Crippen LogP contribution >= 0.6 is 0 Å². The van der Waals surface area contributed by atoms with E-state index in [-0.39, 0.29) is 29.0 Å². The molecule has 0 aliphatic carbocycles. The summed E-state index contributed by atoms with van der Waals surface area (Å²) in [5.41, 5.74) is 0.106. The Kier molecular flexibility index (Phi) is 7.39. The Morgan fingerprint density at radius 1 is 1.21 bits per heavy atom. The Morgan fingerprint density at radius 2 is 1.89 bits per heavy atom. The van der Waals surface area contributed by atoms with Crippen molar-refractivity contribution in [1.29, 1.82) is 0 Å². The fourth-order valence-corrected chi connectivity index (χ4v) is 2.98. The molecular formula is C19H26O9. The van der Waals surface area contributed by atoms with Crippen LogP contribution in [0.25, 0.3) is 0 Å². The number of esters is 1. The van der Waals surface area contributed by atoms with E-state index in [1.165, 1.54) is 31.4 Å². The van der Waals surface area contributed by atoms with E-state index in [2.05, 4.69) is 0 Å². The normalized spacial score (nSPS) is 21.7. The minimum atomic E-state index is -1.60. The van der Waals surface area contributed by atoms with Crippen molar-refractivity contribution in [2.45, 2.75) is 56.4 Å². The van der Waals surface area contributed by atoms with Gasteiger partial charge in [-0.2, -0.15) is 0 Å². The third-order valence-corrected chi connectivity index (χ3v) is 4.49. The standard InChI is InChI=1S/C19H26O9/c1-9(20)4-3-5-12(21)17(25)14(23)8-15(24)18-11-6-10(27-2)7-13(22)16(11)19(26)28-18/h3,5-7,9,12,14-15,17-18,20-25H,4,8H2,1-2H3/t9-,12+,14-,15+,17+,18-/m0/s1. The van der Waals surface area contributed by atoms with Gasteiger partial charge in [0.25, 0.3) is 0 Å². The molecule has 0 radical (unpaired) electrons. The number of ether oxygens (including phenoxy) is 2. The Labute approximate surface area is 162 Å². The van der Waals surface area contributed by atoms with Gasteiger partial charge in [-0.05, 0) is 19.4 Å². The van der Waals surface area contributed by atoms with Crippen LogP contribution in [0.15, 0.2) is 24.3 Å². The highest BCUT2D eigenvalue weighted by atomic mass is 16.6. The van der Waals surface area contributed by atoms with Crippen LogP contribution < -0.4 is 4.74 Å². The summed E-state index contributed by atoms with van der Waals surface area (Å²) in [4.78, 5) is 12.0. The highest BCUT2D eigenvalue weighted by Crippen LogP contribution is 2.41. The van der Waals surface area contributed by atoms with Crippen LogP contribution in [-0.4, -0.2) is 74.2 Å². The molecule has 1 heterocycles. The second kappa shape index (κ2) is 9.35. The molecule has 6 N–H and O–H groups in total. The molecule has 9 heteroatoms. The molecule has 0 aromatic heterocycles. The molecule has 1 aromatic rings. The van der Waals surface area contributed by atoms with Crippen molar-refractivity contribution >= 4 is 5.97 Å². The number of rotatable bonds is 9. The van der Waals surface area contributed by atoms with E-state index in [1.54, 1.807) is 6.92 Å². The lowest BCUT2D eigenvalue weighted by Gasteiger charge is -2.25. The maximum atomic E-state index is 12.0. The lowest BCUT2D eigenvalue weighted by Crippen LogP contribution is -2.39. The van der Waals surface area contributed by atoms with Crippen LogP contribution in [0.5, 0.6) is 11.5 Å². The summed E-state index contributed by atoms with van der Waals surface area (Å²) in [7, 11) is 1.37. The maximum Gasteiger partial charge on any atom is 0.343 e. The van der Waals surface area contributed by atoms with E-state index in [0.717, 1.165) is 0 Å². The third-order valence-electron chi connectivity index (χ3n) is 4.49. The zero-order chi connectivity index (χ0) is 21.0. The molecule has 0 amide bonds. The monoisotopic (exact) mass is 398 g/mol. The summed E-state index contributed by atoms with van der Waals surface area (Å²) in [5, 5.41) is 59.6. The third kappa shape index (κ3) is 5.00. The lowest BCUT2D eigenvalue weighted by atomic mass is 9.94. The van der Waals surface area contributed by atoms with Crippen molar-refractivity contribution < 1.29 is 44.9 Å². The number of carbonyl (C=O) groups excluding carboxylic acids is 1. The number of phenols is 1. The van der Waals surface area contributed by atoms with Crippen LogP contribution in [0, 0.1) is 0 Å². The number of phenolic OH excluding ortho intramolecular Hbond substituents is 1. The van der Waals surface area contributed by atoms with Gasteiger partial charge in [0.15, 0.2) is 6.10 Å². The van der Waals surface area contributed by atoms with Gasteiger partial charge in [0, 0.05) is 18.1 Å². The number of aliphatic hydroxyl groups is 5. The van der Waals surface area contributed by atoms with Gasteiger partial charge in [-0.15, -0.1) is 0 Å². The second-order valence-corrected chi connectivity index (χ2v) is 6.80. The first-order valence-corrected chi connectivity index (χ1v) is 8.84. The molecule has 28 heavy (non-hydrogen) atoms. The van der Waals surface area contributed by atoms with Crippen LogP contribution in [-0.2, 0) is 4.74 Å². The summed E-state index contributed by atoms with van der Waals surface area (Å²) in [5.74, 6) is -0.922. The molecule has 1 aromatic carbocycles. The van der Waals surface area contributed by atoms with E-state index >= 15 is 0 Å². The quantitative estimate of drug-likeness (QED) is 0.244. The maximum absolute atomic E-state index is 12.0. The van der Waals surface area contributed by atoms with Crippen molar-refractivity contribution in [3.05, 3.63) is 35.4 Å². The van der Waals surface area contributed by atoms with Crippen molar-refractivity contribution in [3.63, 3.8) is 0 Å². The minimum Gasteiger partial charge on any atom is -0.507 e. The summed E-state index contributed by atoms with van der Waals surface area (Å²) >= 11 is 0. The van der Waals surface area contributed by atoms with Gasteiger partial charge in [-0.25, -0.2) is 4.79 Å². The average Bonchev–Trinajstić information content (AvgIpc) is 2.97. The first-order chi connectivity index (χ1) is 13.1. The predicted octanol–water partition coefficient (Wildman–Crippen LogP) is -0.227. The van der Waals surface area contributed by atoms with Crippen LogP contribution in [0.4, 0.5) is 0 Å². The number of aliphatic hydroxyl groups excluding tert-OH is 5. The van der Waals surface area contributed by atoms with Gasteiger partial charge in [0.2, 0.25) is 0 Å². The van der Waals surface area contributed by atoms with Crippen molar-refractivity contribution in [3.8, 4) is 11.5 Å². The molecular weight excluding hydrogens is 372 g/mol. The predicted molar refractivity (Wildman–Crippen MR) is 96.9 cm³/mol. The van der Waals surface area contributed by atoms with E-state index in [1.807, 2.05) is 0 Å². The molecule has 2 rings (SSSR count). The molecule has 0 spiro atoms. The van der Waals surface area contributed by atoms with Crippen molar-refractivity contribution in [2.75, 3.05) is 7.11 Å². The number of fused-ring (bicyclic) bond motifs is 1. The summed E-state index contributed by atoms with van der Waals surface area (Å²) in [6.45, 7) is 1.56. The summed E-state index contributed by atoms with van der Waals surface area (Å²) < 4.78 is 10.1. The number of cyclic esters (lactones) is 1. The lowest BCUT2D eigenvalue weighted by molar-refractivity contribution is -0.0778. The number of hydrogen-bond acceptors (Lipinski definition) is 9. The SMILES string of the molecule is COc1cc(O)c2c(c1)[C@@H]([C@H](O)C[C@H](O)[C@H](O)[C@H](O)C=CC[C@H](C)O)OC2=O. The smallest absolute Gasteiger partial charge is 0.343 e. The van der Waals surface area contributed by atoms with Gasteiger partial charge in [-0.1, -0.05) is 12.2 Å². The average molecular weight is 398 g/mol. The fraction of sp³-hybridized carbons (Fsp3) is 0.526. The molecule has 0 saturated carbocycles. The van der Waals surface area contributed by atoms with Gasteiger partial charge in [0.05, 0.1) is 25.4 Å². The molecule has 156 valence electrons. The van der Waals surface area contributed by atoms with Crippen molar-refractivity contribution in [2.24, 2.45) is 0 Å². The molecule has 0 unspecified atom stereocenters. The van der Waals surface area contributed by atoms with Crippen LogP contribution in [0.1, 0.15) is 41.8 Å². The number of aromatic hydroxyl groups is 1. The molecule has 0 saturated heterocycles.